The van der Waals surface area contributed by atoms with Crippen LogP contribution in [0.3, 0.4) is 0 Å². The fourth-order valence-electron chi connectivity index (χ4n) is 0.344. The molecular weight excluding hydrogens is 291 g/mol. The summed E-state index contributed by atoms with van der Waals surface area (Å²) < 4.78 is 0. The van der Waals surface area contributed by atoms with Crippen LogP contribution >= 0.6 is 43.5 Å². The Morgan fingerprint density at radius 1 is 1.36 bits per heavy atom. The minimum absolute atomic E-state index is 0.613. The predicted octanol–water partition coefficient (Wildman–Crippen LogP) is 4.58. The van der Waals surface area contributed by atoms with Crippen molar-refractivity contribution in [1.82, 2.24) is 0 Å². The normalized spacial score (nSPS) is 11.7. The van der Waals surface area contributed by atoms with Crippen molar-refractivity contribution in [2.24, 2.45) is 0 Å². The van der Waals surface area contributed by atoms with Gasteiger partial charge in [0.2, 0.25) is 0 Å². The lowest BCUT2D eigenvalue weighted by Gasteiger charge is -1.86. The molecule has 0 nitrogen and oxygen atoms in total. The maximum atomic E-state index is 5.38. The highest BCUT2D eigenvalue weighted by atomic mass is 79.9. The van der Waals surface area contributed by atoms with Gasteiger partial charge in [-0.1, -0.05) is 58.5 Å². The molecule has 11 heavy (non-hydrogen) atoms. The molecular formula is C8H17Br2Cl. The van der Waals surface area contributed by atoms with E-state index in [2.05, 4.69) is 45.7 Å². The lowest BCUT2D eigenvalue weighted by atomic mass is 10.3. The molecule has 0 aliphatic carbocycles. The van der Waals surface area contributed by atoms with Crippen LogP contribution in [0.5, 0.6) is 0 Å². The summed E-state index contributed by atoms with van der Waals surface area (Å²) in [6.45, 7) is 4.27. The van der Waals surface area contributed by atoms with Crippen LogP contribution in [0, 0.1) is 0 Å². The molecule has 0 spiro atoms. The van der Waals surface area contributed by atoms with Gasteiger partial charge in [0.15, 0.2) is 0 Å². The van der Waals surface area contributed by atoms with Gasteiger partial charge >= 0.3 is 0 Å². The molecule has 0 aliphatic heterocycles. The number of hydrogen-bond donors (Lipinski definition) is 0. The summed E-state index contributed by atoms with van der Waals surface area (Å²) in [5.74, 6) is 0.827. The standard InChI is InChI=1S/C5H11Cl.C3H6Br2/c1-2-3-4-5-6;1-3(5)2-4/h2-5H2,1H3;3H,2H2,1H3. The predicted molar refractivity (Wildman–Crippen MR) is 62.4 cm³/mol. The minimum atomic E-state index is 0.613. The van der Waals surface area contributed by atoms with E-state index in [1.54, 1.807) is 0 Å². The highest BCUT2D eigenvalue weighted by Crippen LogP contribution is 1.99. The molecule has 3 heteroatoms. The molecule has 0 fully saturated rings. The van der Waals surface area contributed by atoms with E-state index in [0.29, 0.717) is 4.83 Å². The average Bonchev–Trinajstić information content (AvgIpc) is 2.02. The van der Waals surface area contributed by atoms with Gasteiger partial charge in [-0.25, -0.2) is 0 Å². The van der Waals surface area contributed by atoms with Gasteiger partial charge < -0.3 is 0 Å². The van der Waals surface area contributed by atoms with E-state index >= 15 is 0 Å². The molecule has 0 rings (SSSR count). The van der Waals surface area contributed by atoms with Crippen LogP contribution < -0.4 is 0 Å². The maximum absolute atomic E-state index is 5.38. The van der Waals surface area contributed by atoms with E-state index in [-0.39, 0.29) is 0 Å². The van der Waals surface area contributed by atoms with Crippen LogP contribution in [0.25, 0.3) is 0 Å². The molecule has 0 heterocycles. The lowest BCUT2D eigenvalue weighted by molar-refractivity contribution is 0.776. The van der Waals surface area contributed by atoms with Gasteiger partial charge in [0.1, 0.15) is 0 Å². The first kappa shape index (κ1) is 14.8. The Hall–Kier alpha value is 1.25. The second-order valence-electron chi connectivity index (χ2n) is 2.33. The molecule has 0 amide bonds. The van der Waals surface area contributed by atoms with Crippen molar-refractivity contribution in [3.63, 3.8) is 0 Å². The summed E-state index contributed by atoms with van der Waals surface area (Å²) in [5.41, 5.74) is 0. The Bertz CT molecular complexity index is 54.1. The van der Waals surface area contributed by atoms with Gasteiger partial charge in [0, 0.05) is 16.0 Å². The van der Waals surface area contributed by atoms with E-state index in [1.165, 1.54) is 19.3 Å². The van der Waals surface area contributed by atoms with Gasteiger partial charge in [-0.2, -0.15) is 0 Å². The summed E-state index contributed by atoms with van der Waals surface area (Å²) in [4.78, 5) is 0.613. The second-order valence-corrected chi connectivity index (χ2v) is 4.92. The van der Waals surface area contributed by atoms with E-state index in [0.717, 1.165) is 11.2 Å². The van der Waals surface area contributed by atoms with Crippen molar-refractivity contribution < 1.29 is 0 Å². The minimum Gasteiger partial charge on any atom is -0.127 e. The number of rotatable bonds is 4. The van der Waals surface area contributed by atoms with Gasteiger partial charge in [-0.3, -0.25) is 0 Å². The fraction of sp³-hybridized carbons (Fsp3) is 1.00. The van der Waals surface area contributed by atoms with Gasteiger partial charge in [-0.15, -0.1) is 11.6 Å². The largest absolute Gasteiger partial charge is 0.127 e. The first-order chi connectivity index (χ1) is 5.18. The molecule has 0 aromatic carbocycles. The van der Waals surface area contributed by atoms with Crippen molar-refractivity contribution in [3.05, 3.63) is 0 Å². The number of halogens is 3. The summed E-state index contributed by atoms with van der Waals surface area (Å²) in [6.07, 6.45) is 3.73. The van der Waals surface area contributed by atoms with Gasteiger partial charge in [0.05, 0.1) is 0 Å². The van der Waals surface area contributed by atoms with E-state index in [9.17, 15) is 0 Å². The zero-order valence-corrected chi connectivity index (χ0v) is 11.2. The zero-order chi connectivity index (χ0) is 9.11. The van der Waals surface area contributed by atoms with Crippen LogP contribution in [0.15, 0.2) is 0 Å². The first-order valence-electron chi connectivity index (χ1n) is 3.95. The average molecular weight is 308 g/mol. The monoisotopic (exact) mass is 306 g/mol. The SMILES string of the molecule is CC(Br)CBr.CCCCCCl. The second kappa shape index (κ2) is 13.8. The molecule has 70 valence electrons. The molecule has 0 aromatic rings. The van der Waals surface area contributed by atoms with Crippen molar-refractivity contribution in [1.29, 1.82) is 0 Å². The third-order valence-electron chi connectivity index (χ3n) is 0.950. The number of hydrogen-bond acceptors (Lipinski definition) is 0. The van der Waals surface area contributed by atoms with Crippen molar-refractivity contribution in [3.8, 4) is 0 Å². The highest BCUT2D eigenvalue weighted by Gasteiger charge is 1.84. The Morgan fingerprint density at radius 2 is 1.82 bits per heavy atom. The first-order valence-corrected chi connectivity index (χ1v) is 6.52. The molecule has 1 unspecified atom stereocenters. The van der Waals surface area contributed by atoms with E-state index < -0.39 is 0 Å². The molecule has 0 saturated heterocycles. The third kappa shape index (κ3) is 24.6. The van der Waals surface area contributed by atoms with Crippen molar-refractivity contribution in [2.75, 3.05) is 11.2 Å². The van der Waals surface area contributed by atoms with Crippen molar-refractivity contribution >= 4 is 43.5 Å². The molecule has 0 aromatic heterocycles. The van der Waals surface area contributed by atoms with Crippen LogP contribution in [0.1, 0.15) is 33.1 Å². The van der Waals surface area contributed by atoms with Crippen molar-refractivity contribution in [2.45, 2.75) is 37.9 Å². The Balaban J connectivity index is 0. The number of unbranched alkanes of at least 4 members (excludes halogenated alkanes) is 2. The Kier molecular flexibility index (Phi) is 18.5. The molecule has 0 N–H and O–H groups in total. The van der Waals surface area contributed by atoms with Gasteiger partial charge in [-0.05, 0) is 6.42 Å². The van der Waals surface area contributed by atoms with Crippen LogP contribution in [0.2, 0.25) is 0 Å². The Labute approximate surface area is 92.3 Å². The van der Waals surface area contributed by atoms with Gasteiger partial charge in [0.25, 0.3) is 0 Å². The fourth-order valence-corrected chi connectivity index (χ4v) is 0.533. The molecule has 0 saturated carbocycles. The smallest absolute Gasteiger partial charge is 0.0223 e. The van der Waals surface area contributed by atoms with E-state index in [4.69, 9.17) is 11.6 Å². The summed E-state index contributed by atoms with van der Waals surface area (Å²) >= 11 is 12.0. The lowest BCUT2D eigenvalue weighted by Crippen LogP contribution is -1.85. The topological polar surface area (TPSA) is 0 Å². The molecule has 0 aliphatic rings. The van der Waals surface area contributed by atoms with Crippen LogP contribution in [-0.2, 0) is 0 Å². The summed E-state index contributed by atoms with van der Waals surface area (Å²) in [5, 5.41) is 1.03. The quantitative estimate of drug-likeness (QED) is 0.527. The number of alkyl halides is 3. The third-order valence-corrected chi connectivity index (χ3v) is 3.38. The highest BCUT2D eigenvalue weighted by molar-refractivity contribution is 9.12. The molecule has 1 atom stereocenters. The summed E-state index contributed by atoms with van der Waals surface area (Å²) in [7, 11) is 0. The molecule has 0 radical (unpaired) electrons. The Morgan fingerprint density at radius 3 is 1.91 bits per heavy atom. The summed E-state index contributed by atoms with van der Waals surface area (Å²) in [6, 6.07) is 0. The maximum Gasteiger partial charge on any atom is 0.0223 e. The molecule has 0 bridgehead atoms. The van der Waals surface area contributed by atoms with Crippen LogP contribution in [0.4, 0.5) is 0 Å². The van der Waals surface area contributed by atoms with E-state index in [1.807, 2.05) is 0 Å². The van der Waals surface area contributed by atoms with Crippen LogP contribution in [-0.4, -0.2) is 16.0 Å². The zero-order valence-electron chi connectivity index (χ0n) is 7.25.